The zero-order valence-electron chi connectivity index (χ0n) is 14.2. The maximum absolute atomic E-state index is 12.8. The van der Waals surface area contributed by atoms with Crippen LogP contribution >= 0.6 is 11.3 Å². The van der Waals surface area contributed by atoms with E-state index in [-0.39, 0.29) is 17.7 Å². The second-order valence-electron chi connectivity index (χ2n) is 6.52. The number of amides is 1. The van der Waals surface area contributed by atoms with E-state index >= 15 is 0 Å². The van der Waals surface area contributed by atoms with E-state index in [1.165, 1.54) is 18.4 Å². The minimum Gasteiger partial charge on any atom is -0.481 e. The van der Waals surface area contributed by atoms with Crippen LogP contribution in [0.25, 0.3) is 0 Å². The van der Waals surface area contributed by atoms with Crippen molar-refractivity contribution in [2.75, 3.05) is 12.4 Å². The van der Waals surface area contributed by atoms with Crippen molar-refractivity contribution in [2.45, 2.75) is 26.2 Å². The number of carboxylic acids is 1. The summed E-state index contributed by atoms with van der Waals surface area (Å²) in [6.45, 7) is 2.04. The molecule has 0 aromatic carbocycles. The molecule has 0 radical (unpaired) electrons. The van der Waals surface area contributed by atoms with Crippen molar-refractivity contribution in [2.24, 2.45) is 23.7 Å². The highest BCUT2D eigenvalue weighted by molar-refractivity contribution is 7.16. The SMILES string of the molecule is CCCc1cc(C(=O)OC)c(NC(=O)[C@@H]2[C@@H](C(=O)O)[C@H]3C=C[C@H]2C3)s1. The number of rotatable bonds is 6. The van der Waals surface area contributed by atoms with E-state index in [2.05, 4.69) is 5.32 Å². The number of aliphatic carboxylic acids is 1. The number of thiophene rings is 1. The fraction of sp³-hybridized carbons (Fsp3) is 0.500. The second kappa shape index (κ2) is 7.00. The lowest BCUT2D eigenvalue weighted by molar-refractivity contribution is -0.146. The molecular weight excluding hydrogens is 342 g/mol. The Hall–Kier alpha value is -2.15. The number of hydrogen-bond acceptors (Lipinski definition) is 5. The first-order valence-electron chi connectivity index (χ1n) is 8.39. The van der Waals surface area contributed by atoms with Gasteiger partial charge in [0, 0.05) is 4.88 Å². The summed E-state index contributed by atoms with van der Waals surface area (Å²) in [5.41, 5.74) is 0.329. The number of carbonyl (C=O) groups is 3. The van der Waals surface area contributed by atoms with Gasteiger partial charge >= 0.3 is 11.9 Å². The average molecular weight is 363 g/mol. The Kier molecular flexibility index (Phi) is 4.94. The topological polar surface area (TPSA) is 92.7 Å². The van der Waals surface area contributed by atoms with Crippen molar-refractivity contribution in [3.8, 4) is 0 Å². The molecule has 2 N–H and O–H groups in total. The van der Waals surface area contributed by atoms with E-state index in [0.29, 0.717) is 17.0 Å². The van der Waals surface area contributed by atoms with Gasteiger partial charge in [-0.25, -0.2) is 4.79 Å². The van der Waals surface area contributed by atoms with Crippen molar-refractivity contribution in [1.29, 1.82) is 0 Å². The van der Waals surface area contributed by atoms with Gasteiger partial charge < -0.3 is 15.2 Å². The molecule has 0 saturated heterocycles. The Balaban J connectivity index is 1.84. The molecule has 1 saturated carbocycles. The Morgan fingerprint density at radius 1 is 1.28 bits per heavy atom. The van der Waals surface area contributed by atoms with Crippen molar-refractivity contribution in [3.63, 3.8) is 0 Å². The lowest BCUT2D eigenvalue weighted by atomic mass is 9.82. The lowest BCUT2D eigenvalue weighted by Crippen LogP contribution is -2.36. The number of methoxy groups -OCH3 is 1. The van der Waals surface area contributed by atoms with Crippen LogP contribution < -0.4 is 5.32 Å². The van der Waals surface area contributed by atoms with Gasteiger partial charge in [-0.05, 0) is 30.7 Å². The number of allylic oxidation sites excluding steroid dienone is 2. The predicted molar refractivity (Wildman–Crippen MR) is 93.6 cm³/mol. The Morgan fingerprint density at radius 3 is 2.56 bits per heavy atom. The van der Waals surface area contributed by atoms with E-state index in [9.17, 15) is 19.5 Å². The molecule has 0 spiro atoms. The Bertz CT molecular complexity index is 738. The average Bonchev–Trinajstić information content (AvgIpc) is 3.28. The zero-order chi connectivity index (χ0) is 18.1. The standard InChI is InChI=1S/C18H21NO5S/c1-3-4-11-8-12(18(23)24-2)16(25-11)19-15(20)13-9-5-6-10(7-9)14(13)17(21)22/h5-6,8-10,13-14H,3-4,7H2,1-2H3,(H,19,20)(H,21,22)/t9-,10-,13-,14-/m0/s1. The second-order valence-corrected chi connectivity index (χ2v) is 7.66. The van der Waals surface area contributed by atoms with E-state index < -0.39 is 23.8 Å². The van der Waals surface area contributed by atoms with Crippen LogP contribution in [0.1, 0.15) is 35.0 Å². The van der Waals surface area contributed by atoms with Crippen LogP contribution in [-0.2, 0) is 20.7 Å². The fourth-order valence-electron chi connectivity index (χ4n) is 3.88. The van der Waals surface area contributed by atoms with Gasteiger partial charge in [0.15, 0.2) is 0 Å². The Morgan fingerprint density at radius 2 is 1.96 bits per heavy atom. The smallest absolute Gasteiger partial charge is 0.340 e. The van der Waals surface area contributed by atoms with Crippen molar-refractivity contribution in [1.82, 2.24) is 0 Å². The molecule has 4 atom stereocenters. The van der Waals surface area contributed by atoms with Gasteiger partial charge in [-0.2, -0.15) is 0 Å². The van der Waals surface area contributed by atoms with Crippen LogP contribution in [0.2, 0.25) is 0 Å². The molecule has 1 fully saturated rings. The molecule has 2 bridgehead atoms. The largest absolute Gasteiger partial charge is 0.481 e. The number of ether oxygens (including phenoxy) is 1. The van der Waals surface area contributed by atoms with Crippen LogP contribution in [0.3, 0.4) is 0 Å². The summed E-state index contributed by atoms with van der Waals surface area (Å²) in [6, 6.07) is 1.74. The van der Waals surface area contributed by atoms with Crippen molar-refractivity contribution in [3.05, 3.63) is 28.7 Å². The lowest BCUT2D eigenvalue weighted by Gasteiger charge is -2.23. The van der Waals surface area contributed by atoms with Gasteiger partial charge in [-0.1, -0.05) is 25.5 Å². The zero-order valence-corrected chi connectivity index (χ0v) is 15.0. The fourth-order valence-corrected chi connectivity index (χ4v) is 5.03. The monoisotopic (exact) mass is 363 g/mol. The molecule has 2 aliphatic rings. The molecule has 6 nitrogen and oxygen atoms in total. The predicted octanol–water partition coefficient (Wildman–Crippen LogP) is 2.95. The van der Waals surface area contributed by atoms with Gasteiger partial charge in [0.05, 0.1) is 24.5 Å². The number of carbonyl (C=O) groups excluding carboxylic acids is 2. The molecular formula is C18H21NO5S. The highest BCUT2D eigenvalue weighted by Crippen LogP contribution is 2.48. The van der Waals surface area contributed by atoms with Crippen LogP contribution in [0.15, 0.2) is 18.2 Å². The van der Waals surface area contributed by atoms with Crippen molar-refractivity contribution < 1.29 is 24.2 Å². The maximum atomic E-state index is 12.8. The molecule has 25 heavy (non-hydrogen) atoms. The first-order valence-corrected chi connectivity index (χ1v) is 9.20. The summed E-state index contributed by atoms with van der Waals surface area (Å²) in [5.74, 6) is -3.22. The molecule has 1 aromatic rings. The van der Waals surface area contributed by atoms with Crippen LogP contribution in [0.4, 0.5) is 5.00 Å². The van der Waals surface area contributed by atoms with Gasteiger partial charge in [-0.3, -0.25) is 9.59 Å². The number of aryl methyl sites for hydroxylation is 1. The number of nitrogens with one attached hydrogen (secondary N) is 1. The summed E-state index contributed by atoms with van der Waals surface area (Å²) >= 11 is 1.35. The Labute approximate surface area is 149 Å². The number of hydrogen-bond donors (Lipinski definition) is 2. The van der Waals surface area contributed by atoms with E-state index in [1.54, 1.807) is 6.07 Å². The molecule has 0 aliphatic heterocycles. The van der Waals surface area contributed by atoms with Gasteiger partial charge in [0.2, 0.25) is 5.91 Å². The highest BCUT2D eigenvalue weighted by atomic mass is 32.1. The third kappa shape index (κ3) is 3.20. The molecule has 1 aromatic heterocycles. The van der Waals surface area contributed by atoms with Crippen LogP contribution in [0, 0.1) is 23.7 Å². The number of fused-ring (bicyclic) bond motifs is 2. The maximum Gasteiger partial charge on any atom is 0.340 e. The summed E-state index contributed by atoms with van der Waals surface area (Å²) in [4.78, 5) is 37.3. The highest BCUT2D eigenvalue weighted by Gasteiger charge is 2.51. The van der Waals surface area contributed by atoms with E-state index in [0.717, 1.165) is 17.7 Å². The molecule has 3 rings (SSSR count). The van der Waals surface area contributed by atoms with Gasteiger partial charge in [0.25, 0.3) is 0 Å². The molecule has 1 heterocycles. The quantitative estimate of drug-likeness (QED) is 0.599. The third-order valence-electron chi connectivity index (χ3n) is 4.97. The summed E-state index contributed by atoms with van der Waals surface area (Å²) in [6.07, 6.45) is 6.26. The first-order chi connectivity index (χ1) is 12.0. The summed E-state index contributed by atoms with van der Waals surface area (Å²) in [5, 5.41) is 12.7. The summed E-state index contributed by atoms with van der Waals surface area (Å²) < 4.78 is 4.80. The molecule has 1 amide bonds. The minimum absolute atomic E-state index is 0.0530. The number of esters is 1. The summed E-state index contributed by atoms with van der Waals surface area (Å²) in [7, 11) is 1.30. The molecule has 0 unspecified atom stereocenters. The van der Waals surface area contributed by atoms with Crippen molar-refractivity contribution >= 4 is 34.2 Å². The van der Waals surface area contributed by atoms with E-state index in [1.807, 2.05) is 19.1 Å². The first kappa shape index (κ1) is 17.7. The third-order valence-corrected chi connectivity index (χ3v) is 6.08. The number of anilines is 1. The molecule has 134 valence electrons. The van der Waals surface area contributed by atoms with Crippen LogP contribution in [-0.4, -0.2) is 30.1 Å². The molecule has 7 heteroatoms. The van der Waals surface area contributed by atoms with Crippen LogP contribution in [0.5, 0.6) is 0 Å². The number of carboxylic acid groups (broad SMARTS) is 1. The van der Waals surface area contributed by atoms with Gasteiger partial charge in [0.1, 0.15) is 5.00 Å². The normalized spacial score (nSPS) is 26.6. The minimum atomic E-state index is -0.942. The molecule has 2 aliphatic carbocycles. The van der Waals surface area contributed by atoms with E-state index in [4.69, 9.17) is 4.74 Å². The van der Waals surface area contributed by atoms with Gasteiger partial charge in [-0.15, -0.1) is 11.3 Å².